The summed E-state index contributed by atoms with van der Waals surface area (Å²) in [6.07, 6.45) is 0.830. The largest absolute Gasteiger partial charge is 0.356 e. The lowest BCUT2D eigenvalue weighted by Crippen LogP contribution is -2.38. The van der Waals surface area contributed by atoms with E-state index in [4.69, 9.17) is 0 Å². The van der Waals surface area contributed by atoms with Crippen LogP contribution >= 0.6 is 0 Å². The normalized spacial score (nSPS) is 11.0. The molecule has 5 heteroatoms. The monoisotopic (exact) mass is 338 g/mol. The number of carbonyl (C=O) groups is 1. The zero-order chi connectivity index (χ0) is 17.9. The highest BCUT2D eigenvalue weighted by Crippen LogP contribution is 2.01. The van der Waals surface area contributed by atoms with Crippen molar-refractivity contribution in [2.45, 2.75) is 13.0 Å². The fraction of sp³-hybridized carbons (Fsp3) is 0.300. The van der Waals surface area contributed by atoms with Gasteiger partial charge in [-0.1, -0.05) is 48.5 Å². The minimum Gasteiger partial charge on any atom is -0.356 e. The van der Waals surface area contributed by atoms with Gasteiger partial charge in [0.2, 0.25) is 0 Å². The molecule has 0 aromatic heterocycles. The van der Waals surface area contributed by atoms with Gasteiger partial charge in [0.1, 0.15) is 0 Å². The molecule has 0 aliphatic rings. The van der Waals surface area contributed by atoms with Crippen LogP contribution in [0.3, 0.4) is 0 Å². The number of nitrogens with zero attached hydrogens (tertiary/aromatic N) is 2. The van der Waals surface area contributed by atoms with E-state index in [0.717, 1.165) is 18.9 Å². The lowest BCUT2D eigenvalue weighted by Gasteiger charge is -2.17. The van der Waals surface area contributed by atoms with Crippen LogP contribution < -0.4 is 10.6 Å². The van der Waals surface area contributed by atoms with Crippen molar-refractivity contribution in [1.29, 1.82) is 0 Å². The summed E-state index contributed by atoms with van der Waals surface area (Å²) in [6.45, 7) is 2.02. The molecule has 0 aliphatic heterocycles. The fourth-order valence-corrected chi connectivity index (χ4v) is 2.29. The Hall–Kier alpha value is -2.82. The first-order valence-electron chi connectivity index (χ1n) is 8.49. The van der Waals surface area contributed by atoms with Crippen LogP contribution in [-0.4, -0.2) is 44.0 Å². The molecule has 0 saturated carbocycles. The van der Waals surface area contributed by atoms with Crippen molar-refractivity contribution in [3.05, 3.63) is 71.8 Å². The standard InChI is InChI=1S/C20H26N4O/c1-24(2)20(23-16-17-10-5-3-6-11-17)22-15-9-14-21-19(25)18-12-7-4-8-13-18/h3-8,10-13H,9,14-16H2,1-2H3,(H,21,25)(H,22,23). The Bertz CT molecular complexity index is 669. The SMILES string of the molecule is CN(C)C(=NCc1ccccc1)NCCCNC(=O)c1ccccc1. The summed E-state index contributed by atoms with van der Waals surface area (Å²) in [4.78, 5) is 18.5. The van der Waals surface area contributed by atoms with E-state index in [1.807, 2.05) is 67.5 Å². The molecular weight excluding hydrogens is 312 g/mol. The van der Waals surface area contributed by atoms with E-state index in [1.165, 1.54) is 5.56 Å². The van der Waals surface area contributed by atoms with Crippen LogP contribution in [0.4, 0.5) is 0 Å². The van der Waals surface area contributed by atoms with E-state index in [2.05, 4.69) is 27.8 Å². The zero-order valence-electron chi connectivity index (χ0n) is 14.9. The first-order valence-corrected chi connectivity index (χ1v) is 8.49. The second-order valence-corrected chi connectivity index (χ2v) is 5.92. The Morgan fingerprint density at radius 1 is 0.920 bits per heavy atom. The summed E-state index contributed by atoms with van der Waals surface area (Å²) in [6, 6.07) is 19.4. The lowest BCUT2D eigenvalue weighted by molar-refractivity contribution is 0.0953. The highest BCUT2D eigenvalue weighted by atomic mass is 16.1. The van der Waals surface area contributed by atoms with Gasteiger partial charge in [0.15, 0.2) is 5.96 Å². The summed E-state index contributed by atoms with van der Waals surface area (Å²) in [5.41, 5.74) is 1.87. The van der Waals surface area contributed by atoms with Crippen LogP contribution in [0.1, 0.15) is 22.3 Å². The van der Waals surface area contributed by atoms with Crippen LogP contribution in [-0.2, 0) is 6.54 Å². The van der Waals surface area contributed by atoms with Gasteiger partial charge in [-0.3, -0.25) is 4.79 Å². The highest BCUT2D eigenvalue weighted by molar-refractivity contribution is 5.94. The van der Waals surface area contributed by atoms with Gasteiger partial charge in [0.05, 0.1) is 6.54 Å². The summed E-state index contributed by atoms with van der Waals surface area (Å²) in [5.74, 6) is 0.810. The first-order chi connectivity index (χ1) is 12.2. The number of nitrogens with one attached hydrogen (secondary N) is 2. The van der Waals surface area contributed by atoms with E-state index in [9.17, 15) is 4.79 Å². The molecule has 2 rings (SSSR count). The number of rotatable bonds is 7. The third kappa shape index (κ3) is 6.67. The van der Waals surface area contributed by atoms with Gasteiger partial charge in [-0.25, -0.2) is 4.99 Å². The minimum absolute atomic E-state index is 0.0359. The first kappa shape index (κ1) is 18.5. The molecule has 0 unspecified atom stereocenters. The van der Waals surface area contributed by atoms with Gasteiger partial charge >= 0.3 is 0 Å². The third-order valence-corrected chi connectivity index (χ3v) is 3.64. The van der Waals surface area contributed by atoms with Crippen molar-refractivity contribution in [1.82, 2.24) is 15.5 Å². The van der Waals surface area contributed by atoms with E-state index in [1.54, 1.807) is 0 Å². The van der Waals surface area contributed by atoms with Crippen LogP contribution in [0, 0.1) is 0 Å². The highest BCUT2D eigenvalue weighted by Gasteiger charge is 2.04. The zero-order valence-corrected chi connectivity index (χ0v) is 14.9. The molecule has 0 bridgehead atoms. The number of hydrogen-bond acceptors (Lipinski definition) is 2. The van der Waals surface area contributed by atoms with Crippen molar-refractivity contribution >= 4 is 11.9 Å². The third-order valence-electron chi connectivity index (χ3n) is 3.64. The Labute approximate surface area is 149 Å². The van der Waals surface area contributed by atoms with Gasteiger partial charge in [0.25, 0.3) is 5.91 Å². The Morgan fingerprint density at radius 2 is 1.52 bits per heavy atom. The molecule has 0 spiro atoms. The maximum absolute atomic E-state index is 11.9. The molecule has 0 radical (unpaired) electrons. The molecule has 0 aliphatic carbocycles. The average Bonchev–Trinajstić information content (AvgIpc) is 2.65. The number of carbonyl (C=O) groups excluding carboxylic acids is 1. The van der Waals surface area contributed by atoms with Crippen LogP contribution in [0.25, 0.3) is 0 Å². The van der Waals surface area contributed by atoms with Crippen LogP contribution in [0.5, 0.6) is 0 Å². The number of aliphatic imine (C=N–C) groups is 1. The quantitative estimate of drug-likeness (QED) is 0.463. The van der Waals surface area contributed by atoms with Crippen molar-refractivity contribution in [2.75, 3.05) is 27.2 Å². The molecule has 1 amide bonds. The molecule has 25 heavy (non-hydrogen) atoms. The maximum atomic E-state index is 11.9. The molecule has 5 nitrogen and oxygen atoms in total. The second-order valence-electron chi connectivity index (χ2n) is 5.92. The molecule has 0 heterocycles. The predicted molar refractivity (Wildman–Crippen MR) is 103 cm³/mol. The van der Waals surface area contributed by atoms with Crippen molar-refractivity contribution < 1.29 is 4.79 Å². The van der Waals surface area contributed by atoms with Gasteiger partial charge in [-0.2, -0.15) is 0 Å². The summed E-state index contributed by atoms with van der Waals surface area (Å²) < 4.78 is 0. The number of hydrogen-bond donors (Lipinski definition) is 2. The molecule has 2 aromatic rings. The number of benzene rings is 2. The lowest BCUT2D eigenvalue weighted by atomic mass is 10.2. The topological polar surface area (TPSA) is 56.7 Å². The van der Waals surface area contributed by atoms with Gasteiger partial charge < -0.3 is 15.5 Å². The summed E-state index contributed by atoms with van der Waals surface area (Å²) >= 11 is 0. The molecule has 2 N–H and O–H groups in total. The van der Waals surface area contributed by atoms with E-state index in [0.29, 0.717) is 18.7 Å². The predicted octanol–water partition coefficient (Wildman–Crippen LogP) is 2.51. The molecule has 2 aromatic carbocycles. The Morgan fingerprint density at radius 3 is 2.16 bits per heavy atom. The van der Waals surface area contributed by atoms with Crippen molar-refractivity contribution in [3.63, 3.8) is 0 Å². The second kappa shape index (κ2) is 10.1. The van der Waals surface area contributed by atoms with Gasteiger partial charge in [-0.15, -0.1) is 0 Å². The van der Waals surface area contributed by atoms with Gasteiger partial charge in [0, 0.05) is 32.7 Å². The molecule has 0 atom stereocenters. The van der Waals surface area contributed by atoms with E-state index < -0.39 is 0 Å². The van der Waals surface area contributed by atoms with E-state index in [-0.39, 0.29) is 5.91 Å². The number of guanidine groups is 1. The molecule has 132 valence electrons. The molecule has 0 saturated heterocycles. The smallest absolute Gasteiger partial charge is 0.251 e. The van der Waals surface area contributed by atoms with E-state index >= 15 is 0 Å². The molecule has 0 fully saturated rings. The van der Waals surface area contributed by atoms with Gasteiger partial charge in [-0.05, 0) is 24.1 Å². The minimum atomic E-state index is -0.0359. The van der Waals surface area contributed by atoms with Crippen molar-refractivity contribution in [2.24, 2.45) is 4.99 Å². The fourth-order valence-electron chi connectivity index (χ4n) is 2.29. The van der Waals surface area contributed by atoms with Crippen molar-refractivity contribution in [3.8, 4) is 0 Å². The summed E-state index contributed by atoms with van der Waals surface area (Å²) in [7, 11) is 3.93. The Balaban J connectivity index is 1.71. The van der Waals surface area contributed by atoms with Crippen LogP contribution in [0.2, 0.25) is 0 Å². The summed E-state index contributed by atoms with van der Waals surface area (Å²) in [5, 5.41) is 6.25. The molecular formula is C20H26N4O. The number of amides is 1. The maximum Gasteiger partial charge on any atom is 0.251 e. The Kier molecular flexibility index (Phi) is 7.50. The average molecular weight is 338 g/mol. The van der Waals surface area contributed by atoms with Crippen LogP contribution in [0.15, 0.2) is 65.7 Å².